The van der Waals surface area contributed by atoms with Crippen LogP contribution in [0.2, 0.25) is 0 Å². The Morgan fingerprint density at radius 3 is 2.60 bits per heavy atom. The van der Waals surface area contributed by atoms with Gasteiger partial charge in [-0.15, -0.1) is 0 Å². The van der Waals surface area contributed by atoms with Gasteiger partial charge in [-0.1, -0.05) is 36.4 Å². The van der Waals surface area contributed by atoms with Crippen molar-refractivity contribution in [2.24, 2.45) is 0 Å². The number of fused-ring (bicyclic) bond motifs is 1. The van der Waals surface area contributed by atoms with E-state index < -0.39 is 0 Å². The first kappa shape index (κ1) is 28.3. The Hall–Kier alpha value is -5.44. The van der Waals surface area contributed by atoms with Gasteiger partial charge < -0.3 is 19.7 Å². The molecule has 9 nitrogen and oxygen atoms in total. The van der Waals surface area contributed by atoms with Gasteiger partial charge in [0, 0.05) is 25.7 Å². The van der Waals surface area contributed by atoms with Gasteiger partial charge in [-0.2, -0.15) is 5.10 Å². The molecule has 226 valence electrons. The lowest BCUT2D eigenvalue weighted by Gasteiger charge is -2.37. The number of rotatable bonds is 2. The molecule has 3 aromatic carbocycles. The predicted molar refractivity (Wildman–Crippen MR) is 169 cm³/mol. The lowest BCUT2D eigenvalue weighted by Crippen LogP contribution is -2.40. The van der Waals surface area contributed by atoms with E-state index in [0.717, 1.165) is 33.8 Å². The van der Waals surface area contributed by atoms with Gasteiger partial charge in [0.25, 0.3) is 5.91 Å². The third-order valence-electron chi connectivity index (χ3n) is 8.22. The highest BCUT2D eigenvalue weighted by Gasteiger charge is 2.34. The van der Waals surface area contributed by atoms with E-state index in [1.165, 1.54) is 0 Å². The van der Waals surface area contributed by atoms with Gasteiger partial charge in [0.05, 0.1) is 18.3 Å². The summed E-state index contributed by atoms with van der Waals surface area (Å²) in [4.78, 5) is 32.7. The van der Waals surface area contributed by atoms with E-state index in [1.54, 1.807) is 12.3 Å². The molecule has 6 heterocycles. The van der Waals surface area contributed by atoms with E-state index in [1.807, 2.05) is 77.7 Å². The van der Waals surface area contributed by atoms with E-state index in [0.29, 0.717) is 68.2 Å². The maximum absolute atomic E-state index is 14.1. The Morgan fingerprint density at radius 1 is 0.844 bits per heavy atom. The quantitative estimate of drug-likeness (QED) is 0.262. The Labute approximate surface area is 261 Å². The van der Waals surface area contributed by atoms with Crippen molar-refractivity contribution in [3.63, 3.8) is 0 Å². The van der Waals surface area contributed by atoms with Crippen LogP contribution in [-0.4, -0.2) is 51.6 Å². The average Bonchev–Trinajstić information content (AvgIpc) is 3.58. The van der Waals surface area contributed by atoms with E-state index >= 15 is 0 Å². The number of aryl methyl sites for hydroxylation is 1. The first-order chi connectivity index (χ1) is 22.1. The molecule has 4 aliphatic rings. The molecule has 0 fully saturated rings. The number of aromatic nitrogens is 3. The minimum atomic E-state index is -0.354. The monoisotopic (exact) mass is 599 g/mol. The van der Waals surface area contributed by atoms with Crippen molar-refractivity contribution in [1.29, 1.82) is 0 Å². The van der Waals surface area contributed by atoms with Crippen molar-refractivity contribution in [3.8, 4) is 28.6 Å². The second-order valence-electron chi connectivity index (χ2n) is 11.3. The molecule has 9 rings (SSSR count). The predicted octanol–water partition coefficient (Wildman–Crippen LogP) is 5.88. The first-order valence-corrected chi connectivity index (χ1v) is 15.3. The third-order valence-corrected chi connectivity index (χ3v) is 8.22. The topological polar surface area (TPSA) is 109 Å². The molecule has 0 radical (unpaired) electrons. The van der Waals surface area contributed by atoms with Crippen molar-refractivity contribution in [2.75, 3.05) is 19.7 Å². The van der Waals surface area contributed by atoms with Crippen molar-refractivity contribution >= 4 is 11.8 Å². The van der Waals surface area contributed by atoms with Crippen LogP contribution in [0.15, 0.2) is 97.2 Å². The number of carbonyl (C=O) groups is 2. The molecule has 5 aromatic rings. The van der Waals surface area contributed by atoms with Crippen LogP contribution in [0, 0.1) is 0 Å². The Balaban J connectivity index is 1.24. The molecule has 1 atom stereocenters. The third kappa shape index (κ3) is 6.28. The summed E-state index contributed by atoms with van der Waals surface area (Å²) < 4.78 is 12.3. The molecule has 0 saturated carbocycles. The van der Waals surface area contributed by atoms with Crippen LogP contribution >= 0.6 is 0 Å². The molecular weight excluding hydrogens is 566 g/mol. The molecule has 4 aliphatic heterocycles. The summed E-state index contributed by atoms with van der Waals surface area (Å²) in [6.45, 7) is 1.51. The van der Waals surface area contributed by atoms with Crippen molar-refractivity contribution in [3.05, 3.63) is 125 Å². The van der Waals surface area contributed by atoms with Gasteiger partial charge in [-0.05, 0) is 96.1 Å². The molecule has 2 aromatic heterocycles. The summed E-state index contributed by atoms with van der Waals surface area (Å²) in [7, 11) is 0. The highest BCUT2D eigenvalue weighted by molar-refractivity contribution is 5.94. The molecule has 8 bridgehead atoms. The van der Waals surface area contributed by atoms with Crippen LogP contribution in [0.25, 0.3) is 11.4 Å². The standard InChI is InChI=1S/C36H33N5O4/c42-34-15-10-24-8-11-27(12-9-24)45-29-13-14-30-25(21-29)16-19-41(35(30)26-5-3-6-28(22-26)44-20-4-18-38-34)36(43)33-23-32(39-40-33)31-7-1-2-17-37-31/h1-3,5-9,11-14,17,21-23,35H,4,10,15-16,18-20H2,(H,38,42)(H,39,40). The van der Waals surface area contributed by atoms with E-state index in [4.69, 9.17) is 9.47 Å². The van der Waals surface area contributed by atoms with Crippen LogP contribution in [0.4, 0.5) is 0 Å². The number of pyridine rings is 1. The van der Waals surface area contributed by atoms with Crippen LogP contribution < -0.4 is 14.8 Å². The van der Waals surface area contributed by atoms with Crippen molar-refractivity contribution < 1.29 is 19.1 Å². The summed E-state index contributed by atoms with van der Waals surface area (Å²) in [5.74, 6) is 2.05. The minimum absolute atomic E-state index is 0.0195. The summed E-state index contributed by atoms with van der Waals surface area (Å²) in [6, 6.07) is 28.9. The zero-order valence-corrected chi connectivity index (χ0v) is 24.7. The first-order valence-electron chi connectivity index (χ1n) is 15.3. The summed E-state index contributed by atoms with van der Waals surface area (Å²) in [5, 5.41) is 10.3. The summed E-state index contributed by atoms with van der Waals surface area (Å²) in [5.41, 5.74) is 5.89. The highest BCUT2D eigenvalue weighted by atomic mass is 16.5. The maximum Gasteiger partial charge on any atom is 0.272 e. The number of nitrogens with zero attached hydrogens (tertiary/aromatic N) is 3. The number of hydrogen-bond donors (Lipinski definition) is 2. The van der Waals surface area contributed by atoms with Crippen LogP contribution in [0.5, 0.6) is 17.2 Å². The molecule has 9 heteroatoms. The normalized spacial score (nSPS) is 16.7. The largest absolute Gasteiger partial charge is 0.494 e. The lowest BCUT2D eigenvalue weighted by atomic mass is 9.87. The minimum Gasteiger partial charge on any atom is -0.494 e. The molecule has 45 heavy (non-hydrogen) atoms. The fraction of sp³-hybridized carbons (Fsp3) is 0.222. The summed E-state index contributed by atoms with van der Waals surface area (Å²) in [6.07, 6.45) is 4.14. The number of benzene rings is 3. The van der Waals surface area contributed by atoms with Gasteiger partial charge in [-0.3, -0.25) is 19.7 Å². The van der Waals surface area contributed by atoms with Gasteiger partial charge in [0.15, 0.2) is 0 Å². The number of aromatic amines is 1. The highest BCUT2D eigenvalue weighted by Crippen LogP contribution is 2.39. The molecule has 1 unspecified atom stereocenters. The second-order valence-corrected chi connectivity index (χ2v) is 11.3. The van der Waals surface area contributed by atoms with E-state index in [-0.39, 0.29) is 17.9 Å². The van der Waals surface area contributed by atoms with E-state index in [9.17, 15) is 9.59 Å². The van der Waals surface area contributed by atoms with Crippen LogP contribution in [0.3, 0.4) is 0 Å². The number of hydrogen-bond acceptors (Lipinski definition) is 6. The SMILES string of the molecule is O=C1CCc2ccc(cc2)Oc2ccc3c(c2)CCN(C(=O)c2cc(-c4ccccn4)n[nH]2)C3c2cccc(c2)OCCCN1. The molecular formula is C36H33N5O4. The second kappa shape index (κ2) is 12.7. The number of nitrogens with one attached hydrogen (secondary N) is 2. The molecule has 2 N–H and O–H groups in total. The van der Waals surface area contributed by atoms with Gasteiger partial charge in [0.1, 0.15) is 28.6 Å². The van der Waals surface area contributed by atoms with Gasteiger partial charge >= 0.3 is 0 Å². The number of ether oxygens (including phenoxy) is 2. The average molecular weight is 600 g/mol. The molecule has 0 spiro atoms. The van der Waals surface area contributed by atoms with Gasteiger partial charge in [0.2, 0.25) is 5.91 Å². The fourth-order valence-electron chi connectivity index (χ4n) is 5.95. The molecule has 0 aliphatic carbocycles. The number of amides is 2. The Morgan fingerprint density at radius 2 is 1.73 bits per heavy atom. The number of H-pyrrole nitrogens is 1. The number of carbonyl (C=O) groups excluding carboxylic acids is 2. The van der Waals surface area contributed by atoms with Gasteiger partial charge in [-0.25, -0.2) is 0 Å². The zero-order valence-electron chi connectivity index (χ0n) is 24.7. The van der Waals surface area contributed by atoms with Crippen molar-refractivity contribution in [2.45, 2.75) is 31.7 Å². The summed E-state index contributed by atoms with van der Waals surface area (Å²) >= 11 is 0. The Bertz CT molecular complexity index is 1820. The Kier molecular flexibility index (Phi) is 7.97. The fourth-order valence-corrected chi connectivity index (χ4v) is 5.95. The molecule has 2 amide bonds. The van der Waals surface area contributed by atoms with Crippen LogP contribution in [-0.2, 0) is 17.6 Å². The van der Waals surface area contributed by atoms with Crippen LogP contribution in [0.1, 0.15) is 51.6 Å². The van der Waals surface area contributed by atoms with Crippen molar-refractivity contribution in [1.82, 2.24) is 25.4 Å². The maximum atomic E-state index is 14.1. The lowest BCUT2D eigenvalue weighted by molar-refractivity contribution is -0.121. The van der Waals surface area contributed by atoms with E-state index in [2.05, 4.69) is 32.6 Å². The molecule has 0 saturated heterocycles. The smallest absolute Gasteiger partial charge is 0.272 e. The zero-order chi connectivity index (χ0) is 30.6.